The number of nitrogens with zero attached hydrogens (tertiary/aromatic N) is 2. The summed E-state index contributed by atoms with van der Waals surface area (Å²) in [7, 11) is 0. The van der Waals surface area contributed by atoms with Gasteiger partial charge in [0.15, 0.2) is 0 Å². The number of carbonyl (C=O) groups is 1. The average Bonchev–Trinajstić information content (AvgIpc) is 2.78. The van der Waals surface area contributed by atoms with Crippen LogP contribution in [0.15, 0.2) is 30.5 Å². The summed E-state index contributed by atoms with van der Waals surface area (Å²) in [6.07, 6.45) is 1.54. The van der Waals surface area contributed by atoms with E-state index in [9.17, 15) is 13.6 Å². The second-order valence-electron chi connectivity index (χ2n) is 4.87. The maximum absolute atomic E-state index is 13.5. The molecule has 0 aliphatic carbocycles. The number of amides is 1. The summed E-state index contributed by atoms with van der Waals surface area (Å²) >= 11 is 0. The Bertz CT molecular complexity index is 623. The van der Waals surface area contributed by atoms with Gasteiger partial charge in [0.25, 0.3) is 5.91 Å². The maximum Gasteiger partial charge on any atom is 0.259 e. The fraction of sp³-hybridized carbons (Fsp3) is 0.286. The smallest absolute Gasteiger partial charge is 0.259 e. The number of hydrogen-bond donors (Lipinski definition) is 1. The first-order valence-electron chi connectivity index (χ1n) is 6.25. The molecule has 2 rings (SSSR count). The summed E-state index contributed by atoms with van der Waals surface area (Å²) in [6, 6.07) is 4.37. The van der Waals surface area contributed by atoms with Gasteiger partial charge in [-0.25, -0.2) is 13.5 Å². The largest absolute Gasteiger partial charge is 0.307 e. The molecule has 2 aromatic rings. The molecule has 0 atom stereocenters. The molecule has 1 aromatic carbocycles. The molecule has 0 spiro atoms. The van der Waals surface area contributed by atoms with E-state index in [0.29, 0.717) is 18.3 Å². The Labute approximate surface area is 115 Å². The molecule has 4 nitrogen and oxygen atoms in total. The van der Waals surface area contributed by atoms with E-state index in [2.05, 4.69) is 10.4 Å². The SMILES string of the molecule is CC(C)Cn1nccc1NC(=O)c1cc(F)ccc1F. The van der Waals surface area contributed by atoms with Gasteiger partial charge < -0.3 is 5.32 Å². The molecular formula is C14H15F2N3O. The summed E-state index contributed by atoms with van der Waals surface area (Å²) in [5, 5.41) is 6.61. The van der Waals surface area contributed by atoms with Gasteiger partial charge in [-0.1, -0.05) is 13.8 Å². The van der Waals surface area contributed by atoms with E-state index in [0.717, 1.165) is 18.2 Å². The monoisotopic (exact) mass is 279 g/mol. The number of carbonyl (C=O) groups excluding carboxylic acids is 1. The molecule has 6 heteroatoms. The quantitative estimate of drug-likeness (QED) is 0.935. The number of anilines is 1. The van der Waals surface area contributed by atoms with Crippen molar-refractivity contribution in [2.45, 2.75) is 20.4 Å². The van der Waals surface area contributed by atoms with Crippen LogP contribution in [0.3, 0.4) is 0 Å². The zero-order chi connectivity index (χ0) is 14.7. The number of nitrogens with one attached hydrogen (secondary N) is 1. The van der Waals surface area contributed by atoms with Gasteiger partial charge in [0.1, 0.15) is 17.5 Å². The van der Waals surface area contributed by atoms with Crippen molar-refractivity contribution in [3.05, 3.63) is 47.7 Å². The van der Waals surface area contributed by atoms with E-state index in [4.69, 9.17) is 0 Å². The normalized spacial score (nSPS) is 10.8. The Morgan fingerprint density at radius 2 is 2.10 bits per heavy atom. The molecule has 0 bridgehead atoms. The summed E-state index contributed by atoms with van der Waals surface area (Å²) in [5.74, 6) is -1.33. The molecule has 106 valence electrons. The van der Waals surface area contributed by atoms with E-state index < -0.39 is 17.5 Å². The van der Waals surface area contributed by atoms with Gasteiger partial charge in [-0.2, -0.15) is 5.10 Å². The Morgan fingerprint density at radius 1 is 1.35 bits per heavy atom. The van der Waals surface area contributed by atoms with Crippen LogP contribution in [0.5, 0.6) is 0 Å². The predicted molar refractivity (Wildman–Crippen MR) is 71.4 cm³/mol. The van der Waals surface area contributed by atoms with Gasteiger partial charge >= 0.3 is 0 Å². The standard InChI is InChI=1S/C14H15F2N3O/c1-9(2)8-19-13(5-6-17-19)18-14(20)11-7-10(15)3-4-12(11)16/h3-7,9H,8H2,1-2H3,(H,18,20). The second-order valence-corrected chi connectivity index (χ2v) is 4.87. The minimum atomic E-state index is -0.765. The molecule has 1 heterocycles. The molecule has 0 saturated heterocycles. The minimum absolute atomic E-state index is 0.331. The van der Waals surface area contributed by atoms with Crippen LogP contribution in [-0.4, -0.2) is 15.7 Å². The molecule has 0 radical (unpaired) electrons. The van der Waals surface area contributed by atoms with E-state index in [1.54, 1.807) is 16.9 Å². The number of rotatable bonds is 4. The third-order valence-corrected chi connectivity index (χ3v) is 2.67. The van der Waals surface area contributed by atoms with Crippen LogP contribution in [-0.2, 0) is 6.54 Å². The van der Waals surface area contributed by atoms with E-state index in [1.807, 2.05) is 13.8 Å². The number of aromatic nitrogens is 2. The number of halogens is 2. The lowest BCUT2D eigenvalue weighted by Gasteiger charge is -2.11. The highest BCUT2D eigenvalue weighted by atomic mass is 19.1. The first-order chi connectivity index (χ1) is 9.47. The number of benzene rings is 1. The van der Waals surface area contributed by atoms with Crippen molar-refractivity contribution in [2.24, 2.45) is 5.92 Å². The van der Waals surface area contributed by atoms with Crippen LogP contribution >= 0.6 is 0 Å². The molecule has 0 unspecified atom stereocenters. The van der Waals surface area contributed by atoms with Crippen molar-refractivity contribution in [2.75, 3.05) is 5.32 Å². The third kappa shape index (κ3) is 3.20. The van der Waals surface area contributed by atoms with E-state index in [-0.39, 0.29) is 5.56 Å². The highest BCUT2D eigenvalue weighted by Gasteiger charge is 2.15. The van der Waals surface area contributed by atoms with Gasteiger partial charge in [0.2, 0.25) is 0 Å². The summed E-state index contributed by atoms with van der Waals surface area (Å²) in [6.45, 7) is 4.65. The average molecular weight is 279 g/mol. The first-order valence-corrected chi connectivity index (χ1v) is 6.25. The Balaban J connectivity index is 2.20. The Morgan fingerprint density at radius 3 is 2.80 bits per heavy atom. The third-order valence-electron chi connectivity index (χ3n) is 2.67. The molecule has 1 aromatic heterocycles. The van der Waals surface area contributed by atoms with Gasteiger partial charge in [-0.05, 0) is 24.1 Å². The van der Waals surface area contributed by atoms with Crippen molar-refractivity contribution in [1.82, 2.24) is 9.78 Å². The zero-order valence-corrected chi connectivity index (χ0v) is 11.2. The Kier molecular flexibility index (Phi) is 4.12. The van der Waals surface area contributed by atoms with Crippen LogP contribution in [0, 0.1) is 17.6 Å². The molecule has 1 N–H and O–H groups in total. The second kappa shape index (κ2) is 5.81. The molecule has 0 aliphatic rings. The van der Waals surface area contributed by atoms with Crippen molar-refractivity contribution >= 4 is 11.7 Å². The highest BCUT2D eigenvalue weighted by molar-refractivity contribution is 6.04. The molecular weight excluding hydrogens is 264 g/mol. The molecule has 0 saturated carbocycles. The van der Waals surface area contributed by atoms with Gasteiger partial charge in [-0.15, -0.1) is 0 Å². The predicted octanol–water partition coefficient (Wildman–Crippen LogP) is 3.07. The molecule has 20 heavy (non-hydrogen) atoms. The van der Waals surface area contributed by atoms with Crippen LogP contribution in [0.25, 0.3) is 0 Å². The highest BCUT2D eigenvalue weighted by Crippen LogP contribution is 2.14. The van der Waals surface area contributed by atoms with Crippen LogP contribution in [0.2, 0.25) is 0 Å². The molecule has 1 amide bonds. The fourth-order valence-electron chi connectivity index (χ4n) is 1.79. The Hall–Kier alpha value is -2.24. The fourth-order valence-corrected chi connectivity index (χ4v) is 1.79. The summed E-state index contributed by atoms with van der Waals surface area (Å²) in [4.78, 5) is 12.0. The molecule has 0 fully saturated rings. The van der Waals surface area contributed by atoms with Gasteiger partial charge in [0.05, 0.1) is 11.8 Å². The zero-order valence-electron chi connectivity index (χ0n) is 11.2. The van der Waals surface area contributed by atoms with Gasteiger partial charge in [0, 0.05) is 12.6 Å². The lowest BCUT2D eigenvalue weighted by molar-refractivity contribution is 0.102. The van der Waals surface area contributed by atoms with Crippen LogP contribution in [0.4, 0.5) is 14.6 Å². The van der Waals surface area contributed by atoms with Crippen LogP contribution in [0.1, 0.15) is 24.2 Å². The van der Waals surface area contributed by atoms with Crippen molar-refractivity contribution in [3.8, 4) is 0 Å². The summed E-state index contributed by atoms with van der Waals surface area (Å²) in [5.41, 5.74) is -0.331. The first kappa shape index (κ1) is 14.2. The lowest BCUT2D eigenvalue weighted by atomic mass is 10.2. The van der Waals surface area contributed by atoms with Crippen LogP contribution < -0.4 is 5.32 Å². The van der Waals surface area contributed by atoms with Crippen molar-refractivity contribution < 1.29 is 13.6 Å². The number of hydrogen-bond acceptors (Lipinski definition) is 2. The van der Waals surface area contributed by atoms with Gasteiger partial charge in [-0.3, -0.25) is 4.79 Å². The minimum Gasteiger partial charge on any atom is -0.307 e. The molecule has 0 aliphatic heterocycles. The topological polar surface area (TPSA) is 46.9 Å². The van der Waals surface area contributed by atoms with E-state index in [1.165, 1.54) is 0 Å². The summed E-state index contributed by atoms with van der Waals surface area (Å²) < 4.78 is 28.2. The maximum atomic E-state index is 13.5. The van der Waals surface area contributed by atoms with Crippen molar-refractivity contribution in [1.29, 1.82) is 0 Å². The van der Waals surface area contributed by atoms with E-state index >= 15 is 0 Å². The van der Waals surface area contributed by atoms with Crippen molar-refractivity contribution in [3.63, 3.8) is 0 Å². The lowest BCUT2D eigenvalue weighted by Crippen LogP contribution is -2.18.